The second-order valence-corrected chi connectivity index (χ2v) is 8.02. The number of hydrogen-bond donors (Lipinski definition) is 1. The summed E-state index contributed by atoms with van der Waals surface area (Å²) in [5, 5.41) is 0.772. The Kier molecular flexibility index (Phi) is 6.81. The van der Waals surface area contributed by atoms with Gasteiger partial charge in [0.25, 0.3) is 0 Å². The number of hydrogen-bond acceptors (Lipinski definition) is 2. The van der Waals surface area contributed by atoms with Crippen LogP contribution in [0.25, 0.3) is 0 Å². The lowest BCUT2D eigenvalue weighted by Crippen LogP contribution is -2.34. The van der Waals surface area contributed by atoms with E-state index in [4.69, 9.17) is 0 Å². The fourth-order valence-corrected chi connectivity index (χ4v) is 4.85. The molecule has 0 aliphatic heterocycles. The summed E-state index contributed by atoms with van der Waals surface area (Å²) < 4.78 is 28.6. The third kappa shape index (κ3) is 4.59. The smallest absolute Gasteiger partial charge is 0.208 e. The van der Waals surface area contributed by atoms with Gasteiger partial charge in [0, 0.05) is 20.3 Å². The number of benzene rings is 1. The minimum Gasteiger partial charge on any atom is -0.208 e. The molecule has 7 heteroatoms. The Hall–Kier alpha value is 0.570. The molecule has 0 heterocycles. The van der Waals surface area contributed by atoms with Crippen molar-refractivity contribution in [3.8, 4) is 0 Å². The van der Waals surface area contributed by atoms with Gasteiger partial charge in [0.15, 0.2) is 0 Å². The summed E-state index contributed by atoms with van der Waals surface area (Å²) >= 11 is 9.88. The lowest BCUT2D eigenvalue weighted by atomic mass is 10.2. The molecular formula is C11H14Br3NO2S. The number of alkyl halides is 1. The van der Waals surface area contributed by atoms with E-state index in [1.54, 1.807) is 18.2 Å². The fraction of sp³-hybridized carbons (Fsp3) is 0.455. The van der Waals surface area contributed by atoms with Crippen molar-refractivity contribution in [3.63, 3.8) is 0 Å². The van der Waals surface area contributed by atoms with Gasteiger partial charge in [0.2, 0.25) is 10.0 Å². The molecule has 0 saturated heterocycles. The van der Waals surface area contributed by atoms with Gasteiger partial charge in [-0.25, -0.2) is 13.1 Å². The Morgan fingerprint density at radius 2 is 2.00 bits per heavy atom. The van der Waals surface area contributed by atoms with Crippen LogP contribution in [0.3, 0.4) is 0 Å². The highest BCUT2D eigenvalue weighted by Crippen LogP contribution is 2.26. The standard InChI is InChI=1S/C11H14Br3NO2S/c1-2-9(5-6-12)15-18(16,17)11-7-8(13)3-4-10(11)14/h3-4,7,9,15H,2,5-6H2,1H3. The van der Waals surface area contributed by atoms with Crippen molar-refractivity contribution in [2.24, 2.45) is 0 Å². The second-order valence-electron chi connectivity index (χ2n) is 3.78. The molecule has 102 valence electrons. The summed E-state index contributed by atoms with van der Waals surface area (Å²) in [7, 11) is -3.49. The molecule has 1 N–H and O–H groups in total. The van der Waals surface area contributed by atoms with Gasteiger partial charge in [-0.3, -0.25) is 0 Å². The van der Waals surface area contributed by atoms with Gasteiger partial charge in [0.05, 0.1) is 4.90 Å². The molecule has 1 atom stereocenters. The molecule has 0 aromatic heterocycles. The van der Waals surface area contributed by atoms with Crippen LogP contribution in [-0.4, -0.2) is 19.8 Å². The van der Waals surface area contributed by atoms with E-state index in [1.807, 2.05) is 6.92 Å². The van der Waals surface area contributed by atoms with Crippen LogP contribution < -0.4 is 4.72 Å². The molecule has 0 aliphatic carbocycles. The summed E-state index contributed by atoms with van der Waals surface area (Å²) in [4.78, 5) is 0.255. The first-order valence-corrected chi connectivity index (χ1v) is 9.63. The lowest BCUT2D eigenvalue weighted by molar-refractivity contribution is 0.532. The highest BCUT2D eigenvalue weighted by atomic mass is 79.9. The average Bonchev–Trinajstić information content (AvgIpc) is 2.31. The van der Waals surface area contributed by atoms with Crippen molar-refractivity contribution in [3.05, 3.63) is 27.1 Å². The van der Waals surface area contributed by atoms with Gasteiger partial charge in [0.1, 0.15) is 0 Å². The summed E-state index contributed by atoms with van der Waals surface area (Å²) in [6.07, 6.45) is 1.53. The van der Waals surface area contributed by atoms with Gasteiger partial charge < -0.3 is 0 Å². The lowest BCUT2D eigenvalue weighted by Gasteiger charge is -2.16. The van der Waals surface area contributed by atoms with E-state index in [9.17, 15) is 8.42 Å². The molecule has 3 nitrogen and oxygen atoms in total. The van der Waals surface area contributed by atoms with E-state index in [2.05, 4.69) is 52.5 Å². The molecule has 0 bridgehead atoms. The minimum absolute atomic E-state index is 0.0553. The zero-order chi connectivity index (χ0) is 13.8. The van der Waals surface area contributed by atoms with Crippen LogP contribution in [0.2, 0.25) is 0 Å². The van der Waals surface area contributed by atoms with Crippen LogP contribution in [-0.2, 0) is 10.0 Å². The molecule has 1 unspecified atom stereocenters. The zero-order valence-electron chi connectivity index (χ0n) is 9.79. The fourth-order valence-electron chi connectivity index (χ4n) is 1.44. The molecule has 0 amide bonds. The number of nitrogens with one attached hydrogen (secondary N) is 1. The number of halogens is 3. The second kappa shape index (κ2) is 7.38. The first-order valence-electron chi connectivity index (χ1n) is 5.44. The zero-order valence-corrected chi connectivity index (χ0v) is 15.4. The third-order valence-corrected chi connectivity index (χ3v) is 5.92. The molecule has 0 radical (unpaired) electrons. The van der Waals surface area contributed by atoms with Crippen molar-refractivity contribution in [2.75, 3.05) is 5.33 Å². The Morgan fingerprint density at radius 3 is 2.56 bits per heavy atom. The molecule has 0 saturated carbocycles. The normalized spacial score (nSPS) is 13.6. The highest BCUT2D eigenvalue weighted by Gasteiger charge is 2.21. The summed E-state index contributed by atoms with van der Waals surface area (Å²) in [6, 6.07) is 5.04. The summed E-state index contributed by atoms with van der Waals surface area (Å²) in [6.45, 7) is 1.96. The van der Waals surface area contributed by atoms with E-state index >= 15 is 0 Å². The van der Waals surface area contributed by atoms with Crippen LogP contribution >= 0.6 is 47.8 Å². The monoisotopic (exact) mass is 461 g/mol. The molecule has 0 fully saturated rings. The van der Waals surface area contributed by atoms with Gasteiger partial charge in [-0.15, -0.1) is 0 Å². The maximum Gasteiger partial charge on any atom is 0.241 e. The van der Waals surface area contributed by atoms with Crippen molar-refractivity contribution < 1.29 is 8.42 Å². The van der Waals surface area contributed by atoms with Crippen LogP contribution in [0.15, 0.2) is 32.0 Å². The number of rotatable bonds is 6. The largest absolute Gasteiger partial charge is 0.241 e. The Labute approximate surface area is 133 Å². The molecule has 18 heavy (non-hydrogen) atoms. The molecule has 0 spiro atoms. The van der Waals surface area contributed by atoms with E-state index in [-0.39, 0.29) is 10.9 Å². The average molecular weight is 464 g/mol. The Morgan fingerprint density at radius 1 is 1.33 bits per heavy atom. The topological polar surface area (TPSA) is 46.2 Å². The Bertz CT molecular complexity index is 505. The molecule has 0 aliphatic rings. The third-order valence-electron chi connectivity index (χ3n) is 2.45. The van der Waals surface area contributed by atoms with Crippen LogP contribution in [0.5, 0.6) is 0 Å². The van der Waals surface area contributed by atoms with E-state index in [0.29, 0.717) is 4.47 Å². The maximum absolute atomic E-state index is 12.3. The quantitative estimate of drug-likeness (QED) is 0.647. The van der Waals surface area contributed by atoms with E-state index in [1.165, 1.54) is 0 Å². The molecule has 1 aromatic carbocycles. The summed E-state index contributed by atoms with van der Waals surface area (Å²) in [5.74, 6) is 0. The van der Waals surface area contributed by atoms with E-state index < -0.39 is 10.0 Å². The van der Waals surface area contributed by atoms with Gasteiger partial charge >= 0.3 is 0 Å². The molecule has 1 aromatic rings. The number of sulfonamides is 1. The predicted octanol–water partition coefficient (Wildman–Crippen LogP) is 4.05. The van der Waals surface area contributed by atoms with Crippen molar-refractivity contribution in [2.45, 2.75) is 30.7 Å². The van der Waals surface area contributed by atoms with Gasteiger partial charge in [-0.2, -0.15) is 0 Å². The minimum atomic E-state index is -3.49. The Balaban J connectivity index is 3.02. The first-order chi connectivity index (χ1) is 8.40. The van der Waals surface area contributed by atoms with Gasteiger partial charge in [-0.05, 0) is 47.0 Å². The van der Waals surface area contributed by atoms with Crippen LogP contribution in [0.1, 0.15) is 19.8 Å². The van der Waals surface area contributed by atoms with Crippen molar-refractivity contribution in [1.82, 2.24) is 4.72 Å². The SMILES string of the molecule is CCC(CCBr)NS(=O)(=O)c1cc(Br)ccc1Br. The molecular weight excluding hydrogens is 450 g/mol. The summed E-state index contributed by atoms with van der Waals surface area (Å²) in [5.41, 5.74) is 0. The van der Waals surface area contributed by atoms with Crippen molar-refractivity contribution >= 4 is 57.8 Å². The van der Waals surface area contributed by atoms with Gasteiger partial charge in [-0.1, -0.05) is 38.8 Å². The van der Waals surface area contributed by atoms with E-state index in [0.717, 1.165) is 22.6 Å². The highest BCUT2D eigenvalue weighted by molar-refractivity contribution is 9.11. The van der Waals surface area contributed by atoms with Crippen LogP contribution in [0, 0.1) is 0 Å². The van der Waals surface area contributed by atoms with Crippen LogP contribution in [0.4, 0.5) is 0 Å². The maximum atomic E-state index is 12.3. The predicted molar refractivity (Wildman–Crippen MR) is 84.7 cm³/mol. The van der Waals surface area contributed by atoms with Crippen molar-refractivity contribution in [1.29, 1.82) is 0 Å². The first kappa shape index (κ1) is 16.6. The molecule has 1 rings (SSSR count).